The van der Waals surface area contributed by atoms with Gasteiger partial charge in [0.2, 0.25) is 0 Å². The van der Waals surface area contributed by atoms with Gasteiger partial charge in [0.1, 0.15) is 5.76 Å². The first-order valence-electron chi connectivity index (χ1n) is 7.29. The quantitative estimate of drug-likeness (QED) is 0.627. The van der Waals surface area contributed by atoms with Gasteiger partial charge in [0.25, 0.3) is 0 Å². The second-order valence-corrected chi connectivity index (χ2v) is 7.75. The maximum absolute atomic E-state index is 12.6. The summed E-state index contributed by atoms with van der Waals surface area (Å²) in [6.45, 7) is 0. The monoisotopic (exact) mass is 398 g/mol. The molecule has 0 aliphatic heterocycles. The van der Waals surface area contributed by atoms with Gasteiger partial charge in [-0.15, -0.1) is 0 Å². The number of allylic oxidation sites excluding steroid dienone is 2. The molecule has 24 heavy (non-hydrogen) atoms. The van der Waals surface area contributed by atoms with Crippen molar-refractivity contribution in [3.05, 3.63) is 73.8 Å². The first-order chi connectivity index (χ1) is 11.5. The van der Waals surface area contributed by atoms with Crippen LogP contribution in [0.1, 0.15) is 24.3 Å². The summed E-state index contributed by atoms with van der Waals surface area (Å²) < 4.78 is 0. The molecular weight excluding hydrogens is 387 g/mol. The van der Waals surface area contributed by atoms with Crippen molar-refractivity contribution >= 4 is 52.3 Å². The summed E-state index contributed by atoms with van der Waals surface area (Å²) in [5.41, 5.74) is 0.711. The summed E-state index contributed by atoms with van der Waals surface area (Å²) in [7, 11) is 0. The highest BCUT2D eigenvalue weighted by molar-refractivity contribution is 8.04. The Morgan fingerprint density at radius 1 is 0.917 bits per heavy atom. The molecule has 124 valence electrons. The molecular formula is C18H13Cl3O2S. The molecule has 1 N–H and O–H groups in total. The summed E-state index contributed by atoms with van der Waals surface area (Å²) in [4.78, 5) is 13.6. The van der Waals surface area contributed by atoms with Crippen molar-refractivity contribution in [2.24, 2.45) is 0 Å². The number of rotatable bonds is 3. The maximum Gasteiger partial charge on any atom is 0.173 e. The van der Waals surface area contributed by atoms with Crippen LogP contribution in [0.15, 0.2) is 58.0 Å². The van der Waals surface area contributed by atoms with Crippen molar-refractivity contribution in [1.82, 2.24) is 0 Å². The van der Waals surface area contributed by atoms with Crippen molar-refractivity contribution in [2.45, 2.75) is 23.7 Å². The molecule has 1 atom stereocenters. The number of hydrogen-bond donors (Lipinski definition) is 1. The van der Waals surface area contributed by atoms with Gasteiger partial charge in [-0.25, -0.2) is 0 Å². The number of benzene rings is 2. The molecule has 0 saturated carbocycles. The number of aliphatic hydroxyl groups excluding tert-OH is 1. The van der Waals surface area contributed by atoms with Gasteiger partial charge in [0.05, 0.1) is 9.93 Å². The smallest absolute Gasteiger partial charge is 0.173 e. The fraction of sp³-hybridized carbons (Fsp3) is 0.167. The SMILES string of the molecule is O=C1C[C@@H](c2c(Cl)cccc2Cl)CC(O)=C1Sc1ccccc1Cl. The molecule has 1 aliphatic rings. The molecule has 0 unspecified atom stereocenters. The van der Waals surface area contributed by atoms with Gasteiger partial charge in [0, 0.05) is 33.7 Å². The average molecular weight is 400 g/mol. The van der Waals surface area contributed by atoms with Gasteiger partial charge >= 0.3 is 0 Å². The lowest BCUT2D eigenvalue weighted by Gasteiger charge is -2.25. The Labute approximate surface area is 159 Å². The van der Waals surface area contributed by atoms with Crippen molar-refractivity contribution in [3.63, 3.8) is 0 Å². The van der Waals surface area contributed by atoms with E-state index in [0.717, 1.165) is 4.90 Å². The number of carbonyl (C=O) groups is 1. The van der Waals surface area contributed by atoms with E-state index in [1.54, 1.807) is 24.3 Å². The van der Waals surface area contributed by atoms with E-state index in [1.165, 1.54) is 11.8 Å². The zero-order valence-electron chi connectivity index (χ0n) is 12.4. The van der Waals surface area contributed by atoms with E-state index >= 15 is 0 Å². The van der Waals surface area contributed by atoms with Gasteiger partial charge in [-0.1, -0.05) is 64.8 Å². The molecule has 0 radical (unpaired) electrons. The number of halogens is 3. The number of ketones is 1. The third kappa shape index (κ3) is 3.60. The molecule has 6 heteroatoms. The van der Waals surface area contributed by atoms with Crippen LogP contribution in [0.5, 0.6) is 0 Å². The molecule has 0 saturated heterocycles. The first kappa shape index (κ1) is 17.7. The molecule has 2 aromatic carbocycles. The van der Waals surface area contributed by atoms with E-state index in [9.17, 15) is 9.90 Å². The second kappa shape index (κ2) is 7.40. The molecule has 1 aliphatic carbocycles. The number of Topliss-reactive ketones (excluding diaryl/α,β-unsaturated/α-hetero) is 1. The second-order valence-electron chi connectivity index (χ2n) is 5.47. The lowest BCUT2D eigenvalue weighted by molar-refractivity contribution is -0.115. The van der Waals surface area contributed by atoms with Crippen LogP contribution in [0.2, 0.25) is 15.1 Å². The van der Waals surface area contributed by atoms with Crippen LogP contribution in [-0.2, 0) is 4.79 Å². The third-order valence-corrected chi connectivity index (χ3v) is 6.19. The molecule has 0 aromatic heterocycles. The van der Waals surface area contributed by atoms with E-state index in [-0.39, 0.29) is 23.9 Å². The van der Waals surface area contributed by atoms with Gasteiger partial charge in [-0.05, 0) is 29.8 Å². The molecule has 0 amide bonds. The maximum atomic E-state index is 12.6. The van der Waals surface area contributed by atoms with Gasteiger partial charge < -0.3 is 5.11 Å². The minimum absolute atomic E-state index is 0.0529. The summed E-state index contributed by atoms with van der Waals surface area (Å²) >= 11 is 19.8. The van der Waals surface area contributed by atoms with Crippen molar-refractivity contribution in [1.29, 1.82) is 0 Å². The highest BCUT2D eigenvalue weighted by atomic mass is 35.5. The van der Waals surface area contributed by atoms with Gasteiger partial charge in [-0.3, -0.25) is 4.79 Å². The summed E-state index contributed by atoms with van der Waals surface area (Å²) in [6.07, 6.45) is 0.572. The largest absolute Gasteiger partial charge is 0.511 e. The Morgan fingerprint density at radius 2 is 1.54 bits per heavy atom. The number of carbonyl (C=O) groups excluding carboxylic acids is 1. The average Bonchev–Trinajstić information content (AvgIpc) is 2.52. The van der Waals surface area contributed by atoms with E-state index in [4.69, 9.17) is 34.8 Å². The highest BCUT2D eigenvalue weighted by Gasteiger charge is 2.31. The molecule has 0 fully saturated rings. The van der Waals surface area contributed by atoms with E-state index in [1.807, 2.05) is 18.2 Å². The van der Waals surface area contributed by atoms with Crippen LogP contribution in [-0.4, -0.2) is 10.9 Å². The molecule has 0 heterocycles. The lowest BCUT2D eigenvalue weighted by Crippen LogP contribution is -2.17. The minimum Gasteiger partial charge on any atom is -0.511 e. The number of hydrogen-bond acceptors (Lipinski definition) is 3. The van der Waals surface area contributed by atoms with Gasteiger partial charge in [0.15, 0.2) is 5.78 Å². The van der Waals surface area contributed by atoms with Crippen molar-refractivity contribution in [2.75, 3.05) is 0 Å². The van der Waals surface area contributed by atoms with Crippen LogP contribution in [0.4, 0.5) is 0 Å². The lowest BCUT2D eigenvalue weighted by atomic mass is 9.86. The fourth-order valence-electron chi connectivity index (χ4n) is 2.73. The Bertz CT molecular complexity index is 813. The topological polar surface area (TPSA) is 37.3 Å². The first-order valence-corrected chi connectivity index (χ1v) is 9.24. The summed E-state index contributed by atoms with van der Waals surface area (Å²) in [6, 6.07) is 12.5. The van der Waals surface area contributed by atoms with Crippen LogP contribution in [0.25, 0.3) is 0 Å². The molecule has 2 aromatic rings. The Kier molecular flexibility index (Phi) is 5.46. The van der Waals surface area contributed by atoms with Crippen molar-refractivity contribution < 1.29 is 9.90 Å². The van der Waals surface area contributed by atoms with E-state index in [0.29, 0.717) is 32.0 Å². The predicted octanol–water partition coefficient (Wildman–Crippen LogP) is 6.66. The Balaban J connectivity index is 1.90. The molecule has 2 nitrogen and oxygen atoms in total. The zero-order valence-corrected chi connectivity index (χ0v) is 15.5. The van der Waals surface area contributed by atoms with Crippen molar-refractivity contribution in [3.8, 4) is 0 Å². The summed E-state index contributed by atoms with van der Waals surface area (Å²) in [5.74, 6) is -0.309. The minimum atomic E-state index is -0.228. The predicted molar refractivity (Wildman–Crippen MR) is 100 cm³/mol. The van der Waals surface area contributed by atoms with Crippen LogP contribution < -0.4 is 0 Å². The van der Waals surface area contributed by atoms with E-state index < -0.39 is 0 Å². The normalized spacial score (nSPS) is 18.1. The van der Waals surface area contributed by atoms with Crippen LogP contribution in [0.3, 0.4) is 0 Å². The van der Waals surface area contributed by atoms with Crippen LogP contribution in [0, 0.1) is 0 Å². The Morgan fingerprint density at radius 3 is 2.17 bits per heavy atom. The van der Waals surface area contributed by atoms with Crippen LogP contribution >= 0.6 is 46.6 Å². The van der Waals surface area contributed by atoms with E-state index in [2.05, 4.69) is 0 Å². The number of aliphatic hydroxyl groups is 1. The zero-order chi connectivity index (χ0) is 17.3. The Hall–Kier alpha value is -1.13. The highest BCUT2D eigenvalue weighted by Crippen LogP contribution is 2.44. The third-order valence-electron chi connectivity index (χ3n) is 3.84. The standard InChI is InChI=1S/C18H13Cl3O2S/c19-11-4-1-2-7-16(11)24-18-14(22)8-10(9-15(18)23)17-12(20)5-3-6-13(17)21/h1-7,10,22H,8-9H2/t10-/m0/s1. The molecule has 3 rings (SSSR count). The molecule has 0 spiro atoms. The number of thioether (sulfide) groups is 1. The molecule has 0 bridgehead atoms. The fourth-order valence-corrected chi connectivity index (χ4v) is 4.62. The summed E-state index contributed by atoms with van der Waals surface area (Å²) in [5, 5.41) is 12.0. The van der Waals surface area contributed by atoms with Gasteiger partial charge in [-0.2, -0.15) is 0 Å².